The fourth-order valence-corrected chi connectivity index (χ4v) is 4.76. The maximum atomic E-state index is 13.0. The zero-order chi connectivity index (χ0) is 24.4. The number of amides is 1. The van der Waals surface area contributed by atoms with E-state index in [4.69, 9.17) is 10.2 Å². The molecule has 4 aromatic rings. The van der Waals surface area contributed by atoms with Crippen LogP contribution in [-0.2, 0) is 0 Å². The second kappa shape index (κ2) is 9.61. The highest BCUT2D eigenvalue weighted by Gasteiger charge is 2.21. The maximum Gasteiger partial charge on any atom is 0.270 e. The summed E-state index contributed by atoms with van der Waals surface area (Å²) in [4.78, 5) is 24.5. The van der Waals surface area contributed by atoms with Gasteiger partial charge in [0.15, 0.2) is 11.5 Å². The Balaban J connectivity index is 0.00000190. The number of nitrogens with two attached hydrogens (primary N) is 1. The highest BCUT2D eigenvalue weighted by molar-refractivity contribution is 7.13. The van der Waals surface area contributed by atoms with Crippen LogP contribution < -0.4 is 11.1 Å². The second-order valence-corrected chi connectivity index (χ2v) is 9.02. The Morgan fingerprint density at radius 2 is 2.11 bits per heavy atom. The fourth-order valence-electron chi connectivity index (χ4n) is 3.91. The number of aryl methyl sites for hydroxylation is 1. The van der Waals surface area contributed by atoms with E-state index >= 15 is 0 Å². The van der Waals surface area contributed by atoms with Crippen molar-refractivity contribution >= 4 is 23.1 Å². The molecule has 11 heteroatoms. The third-order valence-corrected chi connectivity index (χ3v) is 6.78. The van der Waals surface area contributed by atoms with E-state index in [-0.39, 0.29) is 26.2 Å². The molecule has 0 radical (unpaired) electrons. The molecular formula is C24H26N8O2S. The molecule has 1 saturated heterocycles. The molecule has 0 aliphatic carbocycles. The van der Waals surface area contributed by atoms with E-state index in [1.165, 1.54) is 17.5 Å². The summed E-state index contributed by atoms with van der Waals surface area (Å²) in [6.45, 7) is 4.92. The Hall–Kier alpha value is -4.14. The topological polar surface area (TPSA) is 147 Å². The van der Waals surface area contributed by atoms with Crippen molar-refractivity contribution in [2.75, 3.05) is 31.9 Å². The van der Waals surface area contributed by atoms with Crippen molar-refractivity contribution in [2.45, 2.75) is 13.3 Å². The van der Waals surface area contributed by atoms with E-state index in [0.29, 0.717) is 41.4 Å². The lowest BCUT2D eigenvalue weighted by molar-refractivity contribution is 0.0766. The van der Waals surface area contributed by atoms with Crippen molar-refractivity contribution in [3.8, 4) is 39.7 Å². The average Bonchev–Trinajstić information content (AvgIpc) is 3.44. The molecule has 10 nitrogen and oxygen atoms in total. The third-order valence-electron chi connectivity index (χ3n) is 5.77. The minimum atomic E-state index is -0.0944. The van der Waals surface area contributed by atoms with Gasteiger partial charge in [-0.1, -0.05) is 6.07 Å². The first kappa shape index (κ1) is 22.6. The van der Waals surface area contributed by atoms with Gasteiger partial charge in [0.2, 0.25) is 0 Å². The second-order valence-electron chi connectivity index (χ2n) is 8.10. The monoisotopic (exact) mass is 490 g/mol. The Bertz CT molecular complexity index is 1440. The van der Waals surface area contributed by atoms with Gasteiger partial charge in [-0.3, -0.25) is 4.79 Å². The third kappa shape index (κ3) is 4.49. The molecule has 5 rings (SSSR count). The standard InChI is InChI=1S/C24H22N8O2S.2H2/c1-14-5-10-35-20(14)23-31-30-22(34-23)19-21(26)28-13-18(29-19)17-4-3-15(11-16(17)12-25)24(33)32-8-2-6-27-7-9-32;;/h3-5,10-11,13,27H,2,6-9H2,1H3,(H2,26,28);2*1H. The van der Waals surface area contributed by atoms with Crippen LogP contribution in [0, 0.1) is 18.3 Å². The number of hydrogen-bond acceptors (Lipinski definition) is 10. The first-order chi connectivity index (χ1) is 17.0. The van der Waals surface area contributed by atoms with Gasteiger partial charge in [-0.25, -0.2) is 9.97 Å². The van der Waals surface area contributed by atoms with Gasteiger partial charge in [0.25, 0.3) is 17.7 Å². The average molecular weight is 491 g/mol. The van der Waals surface area contributed by atoms with Crippen molar-refractivity contribution < 1.29 is 12.1 Å². The number of thiophene rings is 1. The summed E-state index contributed by atoms with van der Waals surface area (Å²) >= 11 is 1.50. The van der Waals surface area contributed by atoms with Crippen LogP contribution >= 0.6 is 11.3 Å². The van der Waals surface area contributed by atoms with Crippen LogP contribution in [0.15, 0.2) is 40.3 Å². The summed E-state index contributed by atoms with van der Waals surface area (Å²) in [5, 5.41) is 23.3. The van der Waals surface area contributed by atoms with Crippen LogP contribution in [0.25, 0.3) is 33.6 Å². The zero-order valence-electron chi connectivity index (χ0n) is 19.0. The van der Waals surface area contributed by atoms with Gasteiger partial charge in [0.1, 0.15) is 0 Å². The van der Waals surface area contributed by atoms with E-state index in [1.807, 2.05) is 18.4 Å². The summed E-state index contributed by atoms with van der Waals surface area (Å²) in [6.07, 6.45) is 2.37. The number of rotatable bonds is 4. The molecule has 0 bridgehead atoms. The Morgan fingerprint density at radius 1 is 1.26 bits per heavy atom. The first-order valence-corrected chi connectivity index (χ1v) is 12.0. The van der Waals surface area contributed by atoms with Crippen molar-refractivity contribution in [3.63, 3.8) is 0 Å². The number of nitrogens with one attached hydrogen (secondary N) is 1. The van der Waals surface area contributed by atoms with Gasteiger partial charge in [-0.05, 0) is 49.0 Å². The SMILES string of the molecule is Cc1ccsc1-c1nnc(-c2nc(-c3ccc(C(=O)N4CCCNCC4)cc3C#N)cnc2N)o1.[HH].[HH]. The highest BCUT2D eigenvalue weighted by Crippen LogP contribution is 2.32. The predicted octanol–water partition coefficient (Wildman–Crippen LogP) is 3.61. The summed E-state index contributed by atoms with van der Waals surface area (Å²) in [5.74, 6) is 0.554. The number of anilines is 1. The quantitative estimate of drug-likeness (QED) is 0.438. The molecule has 35 heavy (non-hydrogen) atoms. The van der Waals surface area contributed by atoms with E-state index < -0.39 is 0 Å². The molecule has 3 aromatic heterocycles. The molecule has 0 atom stereocenters. The Morgan fingerprint density at radius 3 is 2.91 bits per heavy atom. The fraction of sp³-hybridized carbons (Fsp3) is 0.250. The van der Waals surface area contributed by atoms with E-state index in [9.17, 15) is 10.1 Å². The van der Waals surface area contributed by atoms with Crippen LogP contribution in [0.3, 0.4) is 0 Å². The molecule has 0 saturated carbocycles. The number of carbonyl (C=O) groups is 1. The summed E-state index contributed by atoms with van der Waals surface area (Å²) in [6, 6.07) is 9.16. The molecule has 0 unspecified atom stereocenters. The van der Waals surface area contributed by atoms with Crippen LogP contribution in [0.2, 0.25) is 0 Å². The van der Waals surface area contributed by atoms with Gasteiger partial charge in [0, 0.05) is 33.6 Å². The minimum absolute atomic E-state index is 0. The summed E-state index contributed by atoms with van der Waals surface area (Å²) in [7, 11) is 0. The smallest absolute Gasteiger partial charge is 0.270 e. The molecule has 1 aliphatic rings. The molecule has 1 fully saturated rings. The molecule has 1 aliphatic heterocycles. The lowest BCUT2D eigenvalue weighted by atomic mass is 10.0. The molecule has 180 valence electrons. The van der Waals surface area contributed by atoms with Gasteiger partial charge < -0.3 is 20.4 Å². The van der Waals surface area contributed by atoms with E-state index in [2.05, 4.69) is 31.6 Å². The lowest BCUT2D eigenvalue weighted by Crippen LogP contribution is -2.34. The Labute approximate surface area is 208 Å². The molecular weight excluding hydrogens is 464 g/mol. The largest absolute Gasteiger partial charge is 0.414 e. The number of benzene rings is 1. The van der Waals surface area contributed by atoms with E-state index in [0.717, 1.165) is 30.0 Å². The summed E-state index contributed by atoms with van der Waals surface area (Å²) < 4.78 is 5.84. The lowest BCUT2D eigenvalue weighted by Gasteiger charge is -2.20. The first-order valence-electron chi connectivity index (χ1n) is 11.1. The zero-order valence-corrected chi connectivity index (χ0v) is 19.8. The Kier molecular flexibility index (Phi) is 6.22. The molecule has 1 aromatic carbocycles. The van der Waals surface area contributed by atoms with E-state index in [1.54, 1.807) is 23.1 Å². The van der Waals surface area contributed by atoms with Crippen molar-refractivity contribution in [1.29, 1.82) is 5.26 Å². The normalized spacial score (nSPS) is 13.9. The number of carbonyl (C=O) groups excluding carboxylic acids is 1. The molecule has 0 spiro atoms. The number of hydrogen-bond donors (Lipinski definition) is 2. The number of nitriles is 1. The molecule has 1 amide bonds. The van der Waals surface area contributed by atoms with Crippen molar-refractivity contribution in [3.05, 3.63) is 52.5 Å². The summed E-state index contributed by atoms with van der Waals surface area (Å²) in [5.41, 5.74) is 9.05. The maximum absolute atomic E-state index is 13.0. The van der Waals surface area contributed by atoms with Gasteiger partial charge >= 0.3 is 0 Å². The highest BCUT2D eigenvalue weighted by atomic mass is 32.1. The number of nitrogen functional groups attached to an aromatic ring is 1. The minimum Gasteiger partial charge on any atom is -0.414 e. The molecule has 3 N–H and O–H groups in total. The van der Waals surface area contributed by atoms with Crippen LogP contribution in [-0.4, -0.2) is 57.2 Å². The number of aromatic nitrogens is 4. The van der Waals surface area contributed by atoms with Crippen molar-refractivity contribution in [1.82, 2.24) is 30.4 Å². The van der Waals surface area contributed by atoms with Crippen molar-refractivity contribution in [2.24, 2.45) is 0 Å². The number of nitrogens with zero attached hydrogens (tertiary/aromatic N) is 6. The predicted molar refractivity (Wildman–Crippen MR) is 136 cm³/mol. The van der Waals surface area contributed by atoms with Gasteiger partial charge in [0.05, 0.1) is 28.4 Å². The van der Waals surface area contributed by atoms with Gasteiger partial charge in [-0.2, -0.15) is 5.26 Å². The van der Waals surface area contributed by atoms with Crippen LogP contribution in [0.5, 0.6) is 0 Å². The van der Waals surface area contributed by atoms with Crippen LogP contribution in [0.1, 0.15) is 30.8 Å². The van der Waals surface area contributed by atoms with Gasteiger partial charge in [-0.15, -0.1) is 21.5 Å². The van der Waals surface area contributed by atoms with Crippen LogP contribution in [0.4, 0.5) is 5.82 Å². The molecule has 4 heterocycles.